The molecule has 556 valence electrons. The van der Waals surface area contributed by atoms with E-state index >= 15 is 0 Å². The summed E-state index contributed by atoms with van der Waals surface area (Å²) in [5.41, 5.74) is -2.91. The third kappa shape index (κ3) is 21.6. The molecule has 13 rings (SSSR count). The Bertz CT molecular complexity index is 2400. The molecule has 2 aliphatic heterocycles. The fourth-order valence-electron chi connectivity index (χ4n) is 15.9. The van der Waals surface area contributed by atoms with Crippen molar-refractivity contribution in [2.75, 3.05) is 18.1 Å². The maximum Gasteiger partial charge on any atom is 0.313 e. The van der Waals surface area contributed by atoms with Crippen LogP contribution in [0.25, 0.3) is 0 Å². The highest BCUT2D eigenvalue weighted by molar-refractivity contribution is 7.99. The lowest BCUT2D eigenvalue weighted by Gasteiger charge is -2.62. The quantitative estimate of drug-likeness (QED) is 0.110. The van der Waals surface area contributed by atoms with Gasteiger partial charge in [0.2, 0.25) is 6.29 Å². The van der Waals surface area contributed by atoms with Crippen LogP contribution in [0, 0.1) is 74.9 Å². The van der Waals surface area contributed by atoms with Gasteiger partial charge in [0.15, 0.2) is 0 Å². The van der Waals surface area contributed by atoms with Crippen molar-refractivity contribution in [1.82, 2.24) is 0 Å². The molecule has 0 amide bonds. The number of aromatic hydroxyl groups is 1. The highest BCUT2D eigenvalue weighted by Crippen LogP contribution is 2.63. The van der Waals surface area contributed by atoms with E-state index in [0.717, 1.165) is 87.5 Å². The van der Waals surface area contributed by atoms with Crippen LogP contribution in [0.3, 0.4) is 0 Å². The van der Waals surface area contributed by atoms with E-state index in [1.165, 1.54) is 37.7 Å². The monoisotopic (exact) mass is 1360 g/mol. The number of benzene rings is 1. The predicted octanol–water partition coefficient (Wildman–Crippen LogP) is 20.2. The minimum atomic E-state index is -0.842. The van der Waals surface area contributed by atoms with Crippen molar-refractivity contribution >= 4 is 41.6 Å². The lowest BCUT2D eigenvalue weighted by atomic mass is 9.47. The molecular formula is C79H150O14S. The van der Waals surface area contributed by atoms with Crippen LogP contribution in [0.1, 0.15) is 312 Å². The number of carbonyl (C=O) groups is 5. The number of phenols is 1. The zero-order chi connectivity index (χ0) is 62.2. The van der Waals surface area contributed by atoms with Crippen LogP contribution in [-0.2, 0) is 52.4 Å². The Hall–Kier alpha value is -3.40. The first-order valence-electron chi connectivity index (χ1n) is 32.6. The van der Waals surface area contributed by atoms with Crippen LogP contribution < -0.4 is 0 Å². The van der Waals surface area contributed by atoms with Crippen LogP contribution >= 0.6 is 11.8 Å². The summed E-state index contributed by atoms with van der Waals surface area (Å²) in [6, 6.07) is 7.43. The van der Waals surface area contributed by atoms with Crippen LogP contribution in [0.2, 0.25) is 0 Å². The van der Waals surface area contributed by atoms with Crippen molar-refractivity contribution in [1.29, 1.82) is 0 Å². The average molecular weight is 1360 g/mol. The number of phenolic OH excluding ortho intramolecular Hbond substituents is 1. The highest BCUT2D eigenvalue weighted by atomic mass is 32.2. The van der Waals surface area contributed by atoms with Crippen molar-refractivity contribution in [3.05, 3.63) is 29.8 Å². The molecule has 94 heavy (non-hydrogen) atoms. The Morgan fingerprint density at radius 1 is 0.585 bits per heavy atom. The molecule has 0 radical (unpaired) electrons. The van der Waals surface area contributed by atoms with Crippen molar-refractivity contribution in [3.63, 3.8) is 0 Å². The lowest BCUT2D eigenvalue weighted by molar-refractivity contribution is -0.264. The fourth-order valence-corrected chi connectivity index (χ4v) is 16.7. The third-order valence-electron chi connectivity index (χ3n) is 22.4. The number of fused-ring (bicyclic) bond motifs is 1. The second-order valence-corrected chi connectivity index (χ2v) is 31.8. The van der Waals surface area contributed by atoms with E-state index in [1.807, 2.05) is 88.3 Å². The second kappa shape index (κ2) is 37.7. The van der Waals surface area contributed by atoms with Gasteiger partial charge in [0.05, 0.1) is 51.1 Å². The number of ether oxygens (including phenoxy) is 6. The van der Waals surface area contributed by atoms with Crippen LogP contribution in [-0.4, -0.2) is 104 Å². The molecule has 14 nitrogen and oxygen atoms in total. The number of rotatable bonds is 15. The molecule has 2 heterocycles. The fraction of sp³-hybridized carbons (Fsp3) is 0.861. The Kier molecular flexibility index (Phi) is 38.9. The van der Waals surface area contributed by atoms with Gasteiger partial charge in [-0.25, -0.2) is 0 Å². The summed E-state index contributed by atoms with van der Waals surface area (Å²) >= 11 is 1.76. The SMILES string of the molecule is C.C.C.C.C.C.C.C.C.C.CCC(C)(C)C(=O)OC1(C(C)C)C2CC3CC(C2)CC1C3.CCC(C)(C)C(=O)OC12CC3CC(O)(CC(O)(C3)C1)C2.CCC(C)(C)C(=O)OC1C2CC3C(=O)OC1C3C2.CCC(C)(C)C(=O)OC1CSCCO1.CCC(C)c1ccc(O)cc1. The summed E-state index contributed by atoms with van der Waals surface area (Å²) in [5.74, 6) is 6.58. The number of thioether (sulfide) groups is 1. The molecule has 10 bridgehead atoms. The predicted molar refractivity (Wildman–Crippen MR) is 394 cm³/mol. The van der Waals surface area contributed by atoms with E-state index in [0.29, 0.717) is 67.1 Å². The minimum absolute atomic E-state index is 0. The molecular weight excluding hydrogens is 1200 g/mol. The van der Waals surface area contributed by atoms with Gasteiger partial charge < -0.3 is 43.7 Å². The van der Waals surface area contributed by atoms with E-state index in [2.05, 4.69) is 34.6 Å². The van der Waals surface area contributed by atoms with Gasteiger partial charge in [-0.15, -0.1) is 0 Å². The molecule has 10 saturated carbocycles. The van der Waals surface area contributed by atoms with Gasteiger partial charge in [0, 0.05) is 36.9 Å². The second-order valence-electron chi connectivity index (χ2n) is 30.6. The normalized spacial score (nSPS) is 32.0. The van der Waals surface area contributed by atoms with Crippen LogP contribution in [0.4, 0.5) is 0 Å². The summed E-state index contributed by atoms with van der Waals surface area (Å²) in [7, 11) is 0. The topological polar surface area (TPSA) is 201 Å². The minimum Gasteiger partial charge on any atom is -0.508 e. The lowest BCUT2D eigenvalue weighted by Crippen LogP contribution is -2.67. The van der Waals surface area contributed by atoms with Gasteiger partial charge in [0.1, 0.15) is 29.2 Å². The molecule has 1 aromatic carbocycles. The molecule has 2 saturated heterocycles. The van der Waals surface area contributed by atoms with E-state index in [1.54, 1.807) is 23.9 Å². The maximum absolute atomic E-state index is 12.8. The number of carbonyl (C=O) groups excluding carboxylic acids is 5. The zero-order valence-electron chi connectivity index (χ0n) is 54.4. The van der Waals surface area contributed by atoms with Gasteiger partial charge in [0.25, 0.3) is 0 Å². The largest absolute Gasteiger partial charge is 0.508 e. The van der Waals surface area contributed by atoms with Gasteiger partial charge in [-0.2, -0.15) is 11.8 Å². The number of hydrogen-bond donors (Lipinski definition) is 3. The number of hydrogen-bond acceptors (Lipinski definition) is 15. The van der Waals surface area contributed by atoms with Crippen LogP contribution in [0.5, 0.6) is 5.75 Å². The standard InChI is InChI=1S/C19H32O2.C16H26O4.C14H20O4.C10H18O3S.C10H14O.10CH4/c1-6-18(4,5)17(20)21-19(12(2)3)15-8-13-7-14(10-15)11-16(19)9-13;1-4-13(2,3)12(17)20-16-7-11-5-14(18,9-16)8-15(19,6-11)10-16;1-4-14(2,3)13(16)18-10-7-5-8-9(6-7)12(15)17-11(8)10;1-4-10(2,3)9(11)13-8-7-14-6-5-12-8;1-3-8(2)9-4-6-10(11)7-5-9;;;;;;;;;;/h12-16H,6-11H2,1-5H3;11,18-19H,4-10H2,1-3H3;7-11H,4-6H2,1-3H3;8H,4-7H2,1-3H3;4-8,11H,3H2,1-2H3;10*1H4. The molecule has 0 aromatic heterocycles. The van der Waals surface area contributed by atoms with Crippen molar-refractivity contribution in [2.45, 2.75) is 347 Å². The molecule has 15 heteroatoms. The van der Waals surface area contributed by atoms with Gasteiger partial charge in [-0.3, -0.25) is 24.0 Å². The molecule has 12 fully saturated rings. The van der Waals surface area contributed by atoms with Gasteiger partial charge in [-0.05, 0) is 211 Å². The van der Waals surface area contributed by atoms with Gasteiger partial charge >= 0.3 is 29.8 Å². The summed E-state index contributed by atoms with van der Waals surface area (Å²) in [4.78, 5) is 60.6. The Balaban J connectivity index is -0.000000532. The first kappa shape index (κ1) is 97.0. The first-order chi connectivity index (χ1) is 39.1. The van der Waals surface area contributed by atoms with Gasteiger partial charge in [-0.1, -0.05) is 142 Å². The van der Waals surface area contributed by atoms with Crippen molar-refractivity contribution in [2.24, 2.45) is 74.9 Å². The number of esters is 5. The van der Waals surface area contributed by atoms with E-state index in [-0.39, 0.29) is 145 Å². The summed E-state index contributed by atoms with van der Waals surface area (Å²) < 4.78 is 33.9. The molecule has 10 aliphatic carbocycles. The van der Waals surface area contributed by atoms with E-state index < -0.39 is 33.0 Å². The van der Waals surface area contributed by atoms with E-state index in [4.69, 9.17) is 33.5 Å². The Morgan fingerprint density at radius 3 is 1.45 bits per heavy atom. The third-order valence-corrected chi connectivity index (χ3v) is 23.3. The first-order valence-corrected chi connectivity index (χ1v) is 33.8. The smallest absolute Gasteiger partial charge is 0.313 e. The Morgan fingerprint density at radius 2 is 1.03 bits per heavy atom. The summed E-state index contributed by atoms with van der Waals surface area (Å²) in [6.45, 7) is 33.0. The average Bonchev–Trinajstić information content (AvgIpc) is 0.975. The molecule has 9 atom stereocenters. The molecule has 0 spiro atoms. The van der Waals surface area contributed by atoms with Crippen molar-refractivity contribution in [3.8, 4) is 5.75 Å². The summed E-state index contributed by atoms with van der Waals surface area (Å²) in [5, 5.41) is 30.3. The Labute approximate surface area is 582 Å². The molecule has 1 aromatic rings. The number of aliphatic hydroxyl groups is 2. The highest BCUT2D eigenvalue weighted by Gasteiger charge is 2.66. The summed E-state index contributed by atoms with van der Waals surface area (Å²) in [6.07, 6.45) is 15.7. The molecule has 3 N–H and O–H groups in total. The maximum atomic E-state index is 12.8. The molecule has 12 aliphatic rings. The van der Waals surface area contributed by atoms with Crippen LogP contribution in [0.15, 0.2) is 24.3 Å². The van der Waals surface area contributed by atoms with E-state index in [9.17, 15) is 34.2 Å². The zero-order valence-corrected chi connectivity index (χ0v) is 55.2. The van der Waals surface area contributed by atoms with Crippen molar-refractivity contribution < 1.29 is 67.7 Å². The molecule has 9 unspecified atom stereocenters.